The second-order valence-electron chi connectivity index (χ2n) is 4.91. The van der Waals surface area contributed by atoms with Crippen LogP contribution in [-0.4, -0.2) is 39.4 Å². The molecule has 0 bridgehead atoms. The Balaban J connectivity index is 1.99. The average Bonchev–Trinajstić information content (AvgIpc) is 2.99. The summed E-state index contributed by atoms with van der Waals surface area (Å²) in [6.07, 6.45) is 2.19. The van der Waals surface area contributed by atoms with Crippen LogP contribution in [0, 0.1) is 0 Å². The number of nitrogens with one attached hydrogen (secondary N) is 1. The highest BCUT2D eigenvalue weighted by Gasteiger charge is 2.26. The fraction of sp³-hybridized carbons (Fsp3) is 0.500. The van der Waals surface area contributed by atoms with E-state index in [4.69, 9.17) is 4.74 Å². The maximum absolute atomic E-state index is 11.8. The lowest BCUT2D eigenvalue weighted by atomic mass is 10.1. The van der Waals surface area contributed by atoms with Crippen molar-refractivity contribution >= 4 is 23.2 Å². The van der Waals surface area contributed by atoms with E-state index in [1.165, 1.54) is 25.6 Å². The van der Waals surface area contributed by atoms with Gasteiger partial charge in [0.25, 0.3) is 0 Å². The number of benzene rings is 1. The number of ether oxygens (including phenoxy) is 1. The third-order valence-electron chi connectivity index (χ3n) is 3.79. The molecule has 3 rings (SSSR count). The number of amides is 1. The quantitative estimate of drug-likeness (QED) is 0.842. The normalized spacial score (nSPS) is 17.9. The molecule has 1 aromatic rings. The van der Waals surface area contributed by atoms with Gasteiger partial charge in [0.05, 0.1) is 24.2 Å². The highest BCUT2D eigenvalue weighted by molar-refractivity contribution is 5.97. The van der Waals surface area contributed by atoms with Gasteiger partial charge in [0.15, 0.2) is 0 Å². The van der Waals surface area contributed by atoms with Crippen LogP contribution in [0.2, 0.25) is 0 Å². The molecule has 0 saturated carbocycles. The topological polar surface area (TPSA) is 44.8 Å². The number of nitrogens with zero attached hydrogens (tertiary/aromatic N) is 2. The first-order valence-corrected chi connectivity index (χ1v) is 6.78. The van der Waals surface area contributed by atoms with Crippen molar-refractivity contribution in [2.24, 2.45) is 0 Å². The Kier molecular flexibility index (Phi) is 3.19. The average molecular weight is 261 g/mol. The van der Waals surface area contributed by atoms with Crippen LogP contribution in [0.15, 0.2) is 18.2 Å². The van der Waals surface area contributed by atoms with Gasteiger partial charge in [0, 0.05) is 26.2 Å². The van der Waals surface area contributed by atoms with Crippen molar-refractivity contribution in [2.45, 2.75) is 12.8 Å². The van der Waals surface area contributed by atoms with Gasteiger partial charge in [0.1, 0.15) is 0 Å². The molecule has 1 fully saturated rings. The maximum Gasteiger partial charge on any atom is 0.414 e. The first-order chi connectivity index (χ1) is 9.31. The fourth-order valence-corrected chi connectivity index (χ4v) is 2.87. The number of carbonyl (C=O) groups excluding carboxylic acids is 1. The Morgan fingerprint density at radius 2 is 1.95 bits per heavy atom. The number of anilines is 3. The van der Waals surface area contributed by atoms with Crippen LogP contribution in [0.4, 0.5) is 21.9 Å². The number of hydrogen-bond acceptors (Lipinski definition) is 4. The van der Waals surface area contributed by atoms with Gasteiger partial charge in [-0.25, -0.2) is 4.79 Å². The van der Waals surface area contributed by atoms with E-state index >= 15 is 0 Å². The molecule has 0 atom stereocenters. The Hall–Kier alpha value is -1.91. The molecule has 19 heavy (non-hydrogen) atoms. The van der Waals surface area contributed by atoms with E-state index in [0.717, 1.165) is 31.0 Å². The van der Waals surface area contributed by atoms with Crippen LogP contribution in [0.5, 0.6) is 0 Å². The second-order valence-corrected chi connectivity index (χ2v) is 4.91. The molecule has 0 spiro atoms. The van der Waals surface area contributed by atoms with E-state index in [2.05, 4.69) is 16.3 Å². The van der Waals surface area contributed by atoms with Crippen molar-refractivity contribution in [2.75, 3.05) is 48.4 Å². The second kappa shape index (κ2) is 4.99. The lowest BCUT2D eigenvalue weighted by molar-refractivity contribution is 0.178. The van der Waals surface area contributed by atoms with Gasteiger partial charge in [0.2, 0.25) is 0 Å². The van der Waals surface area contributed by atoms with Gasteiger partial charge in [-0.1, -0.05) is 6.07 Å². The van der Waals surface area contributed by atoms with E-state index < -0.39 is 0 Å². The van der Waals surface area contributed by atoms with Crippen LogP contribution in [0.1, 0.15) is 12.8 Å². The zero-order valence-corrected chi connectivity index (χ0v) is 11.2. The summed E-state index contributed by atoms with van der Waals surface area (Å²) in [5.74, 6) is 0. The third kappa shape index (κ3) is 2.09. The number of para-hydroxylation sites is 1. The van der Waals surface area contributed by atoms with Crippen LogP contribution in [0.3, 0.4) is 0 Å². The molecule has 0 unspecified atom stereocenters. The minimum absolute atomic E-state index is 0.290. The molecule has 1 N–H and O–H groups in total. The minimum atomic E-state index is -0.290. The molecule has 1 saturated heterocycles. The Morgan fingerprint density at radius 3 is 2.68 bits per heavy atom. The van der Waals surface area contributed by atoms with Crippen molar-refractivity contribution in [3.63, 3.8) is 0 Å². The summed E-state index contributed by atoms with van der Waals surface area (Å²) in [7, 11) is 1.42. The van der Waals surface area contributed by atoms with Gasteiger partial charge in [-0.2, -0.15) is 0 Å². The molecule has 2 heterocycles. The molecule has 1 amide bonds. The van der Waals surface area contributed by atoms with Gasteiger partial charge in [-0.15, -0.1) is 0 Å². The monoisotopic (exact) mass is 261 g/mol. The van der Waals surface area contributed by atoms with Crippen LogP contribution in [-0.2, 0) is 4.74 Å². The molecule has 0 aliphatic carbocycles. The first-order valence-electron chi connectivity index (χ1n) is 6.78. The lowest BCUT2D eigenvalue weighted by Gasteiger charge is -2.32. The number of fused-ring (bicyclic) bond motifs is 1. The molecule has 1 aromatic carbocycles. The number of methoxy groups -OCH3 is 1. The molecule has 5 nitrogen and oxygen atoms in total. The van der Waals surface area contributed by atoms with Gasteiger partial charge in [-0.3, -0.25) is 4.90 Å². The highest BCUT2D eigenvalue weighted by Crippen LogP contribution is 2.39. The SMILES string of the molecule is COC(=O)N1CCNc2c(N3CCCC3)cccc21. The largest absolute Gasteiger partial charge is 0.452 e. The van der Waals surface area contributed by atoms with E-state index in [1.807, 2.05) is 12.1 Å². The maximum atomic E-state index is 11.8. The van der Waals surface area contributed by atoms with Crippen molar-refractivity contribution in [3.05, 3.63) is 18.2 Å². The lowest BCUT2D eigenvalue weighted by Crippen LogP contribution is -2.39. The van der Waals surface area contributed by atoms with Crippen molar-refractivity contribution in [1.29, 1.82) is 0 Å². The van der Waals surface area contributed by atoms with Crippen LogP contribution < -0.4 is 15.1 Å². The number of hydrogen-bond donors (Lipinski definition) is 1. The number of rotatable bonds is 1. The van der Waals surface area contributed by atoms with E-state index in [9.17, 15) is 4.79 Å². The molecule has 0 aromatic heterocycles. The van der Waals surface area contributed by atoms with Crippen LogP contribution in [0.25, 0.3) is 0 Å². The molecule has 5 heteroatoms. The predicted octanol–water partition coefficient (Wildman–Crippen LogP) is 2.29. The summed E-state index contributed by atoms with van der Waals surface area (Å²) in [6, 6.07) is 6.10. The highest BCUT2D eigenvalue weighted by atomic mass is 16.5. The standard InChI is InChI=1S/C14H19N3O2/c1-19-14(18)17-10-7-15-13-11(5-4-6-12(13)17)16-8-2-3-9-16/h4-6,15H,2-3,7-10H2,1H3. The van der Waals surface area contributed by atoms with E-state index in [-0.39, 0.29) is 6.09 Å². The molecular weight excluding hydrogens is 242 g/mol. The van der Waals surface area contributed by atoms with Gasteiger partial charge < -0.3 is 15.0 Å². The van der Waals surface area contributed by atoms with Crippen LogP contribution >= 0.6 is 0 Å². The van der Waals surface area contributed by atoms with E-state index in [0.29, 0.717) is 6.54 Å². The smallest absolute Gasteiger partial charge is 0.414 e. The summed E-state index contributed by atoms with van der Waals surface area (Å²) < 4.78 is 4.86. The first kappa shape index (κ1) is 12.1. The van der Waals surface area contributed by atoms with Crippen molar-refractivity contribution in [3.8, 4) is 0 Å². The fourth-order valence-electron chi connectivity index (χ4n) is 2.87. The van der Waals surface area contributed by atoms with Crippen molar-refractivity contribution in [1.82, 2.24) is 0 Å². The Labute approximate surface area is 113 Å². The molecule has 102 valence electrons. The zero-order chi connectivity index (χ0) is 13.2. The minimum Gasteiger partial charge on any atom is -0.452 e. The van der Waals surface area contributed by atoms with Gasteiger partial charge >= 0.3 is 6.09 Å². The Morgan fingerprint density at radius 1 is 1.21 bits per heavy atom. The summed E-state index contributed by atoms with van der Waals surface area (Å²) in [6.45, 7) is 3.59. The predicted molar refractivity (Wildman–Crippen MR) is 76.1 cm³/mol. The third-order valence-corrected chi connectivity index (χ3v) is 3.79. The summed E-state index contributed by atoms with van der Waals surface area (Å²) in [4.78, 5) is 15.9. The zero-order valence-electron chi connectivity index (χ0n) is 11.2. The number of carbonyl (C=O) groups is 1. The van der Waals surface area contributed by atoms with Crippen molar-refractivity contribution < 1.29 is 9.53 Å². The summed E-state index contributed by atoms with van der Waals surface area (Å²) in [5, 5.41) is 3.43. The van der Waals surface area contributed by atoms with E-state index in [1.54, 1.807) is 4.90 Å². The molecule has 2 aliphatic heterocycles. The molecule has 0 radical (unpaired) electrons. The summed E-state index contributed by atoms with van der Waals surface area (Å²) >= 11 is 0. The van der Waals surface area contributed by atoms with Gasteiger partial charge in [-0.05, 0) is 25.0 Å². The molecular formula is C14H19N3O2. The summed E-state index contributed by atoms with van der Waals surface area (Å²) in [5.41, 5.74) is 3.17. The molecule has 2 aliphatic rings. The Bertz CT molecular complexity index is 484.